The van der Waals surface area contributed by atoms with E-state index in [0.717, 1.165) is 24.3 Å². The normalized spacial score (nSPS) is 21.6. The third kappa shape index (κ3) is 2.13. The number of benzene rings is 1. The number of aryl methyl sites for hydroxylation is 2. The number of morpholine rings is 1. The minimum absolute atomic E-state index is 0.263. The zero-order valence-corrected chi connectivity index (χ0v) is 9.21. The molecule has 0 spiro atoms. The Bertz CT molecular complexity index is 334. The SMILES string of the molecule is Cc1cc(O)cc(C)c1[C@@H]1COCCN1. The van der Waals surface area contributed by atoms with Crippen molar-refractivity contribution in [1.82, 2.24) is 5.32 Å². The standard InChI is InChI=1S/C12H17NO2/c1-8-5-10(14)6-9(2)12(8)11-7-15-4-3-13-11/h5-6,11,13-14H,3-4,7H2,1-2H3/t11-/m0/s1. The van der Waals surface area contributed by atoms with Crippen molar-refractivity contribution in [2.45, 2.75) is 19.9 Å². The smallest absolute Gasteiger partial charge is 0.116 e. The first-order chi connectivity index (χ1) is 7.18. The van der Waals surface area contributed by atoms with Crippen molar-refractivity contribution in [3.05, 3.63) is 28.8 Å². The fourth-order valence-corrected chi connectivity index (χ4v) is 2.25. The molecule has 0 unspecified atom stereocenters. The van der Waals surface area contributed by atoms with Gasteiger partial charge in [-0.1, -0.05) is 0 Å². The van der Waals surface area contributed by atoms with Crippen LogP contribution < -0.4 is 5.32 Å². The Kier molecular flexibility index (Phi) is 2.93. The molecule has 1 aromatic carbocycles. The number of phenolic OH excluding ortho intramolecular Hbond substituents is 1. The van der Waals surface area contributed by atoms with E-state index in [4.69, 9.17) is 4.74 Å². The number of hydrogen-bond donors (Lipinski definition) is 2. The van der Waals surface area contributed by atoms with E-state index in [-0.39, 0.29) is 6.04 Å². The molecule has 3 nitrogen and oxygen atoms in total. The predicted octanol–water partition coefficient (Wildman–Crippen LogP) is 1.67. The summed E-state index contributed by atoms with van der Waals surface area (Å²) in [6.07, 6.45) is 0. The van der Waals surface area contributed by atoms with Gasteiger partial charge in [0.25, 0.3) is 0 Å². The number of aromatic hydroxyl groups is 1. The van der Waals surface area contributed by atoms with Gasteiger partial charge in [-0.15, -0.1) is 0 Å². The van der Waals surface area contributed by atoms with Gasteiger partial charge < -0.3 is 15.2 Å². The highest BCUT2D eigenvalue weighted by Gasteiger charge is 2.19. The quantitative estimate of drug-likeness (QED) is 0.736. The van der Waals surface area contributed by atoms with E-state index in [2.05, 4.69) is 5.32 Å². The molecule has 2 rings (SSSR count). The molecule has 0 saturated carbocycles. The molecule has 15 heavy (non-hydrogen) atoms. The van der Waals surface area contributed by atoms with Crippen molar-refractivity contribution in [2.75, 3.05) is 19.8 Å². The summed E-state index contributed by atoms with van der Waals surface area (Å²) in [6.45, 7) is 6.44. The molecule has 0 radical (unpaired) electrons. The van der Waals surface area contributed by atoms with E-state index in [1.165, 1.54) is 5.56 Å². The fraction of sp³-hybridized carbons (Fsp3) is 0.500. The lowest BCUT2D eigenvalue weighted by Crippen LogP contribution is -2.35. The largest absolute Gasteiger partial charge is 0.508 e. The fourth-order valence-electron chi connectivity index (χ4n) is 2.25. The van der Waals surface area contributed by atoms with Crippen LogP contribution in [0.3, 0.4) is 0 Å². The van der Waals surface area contributed by atoms with Crippen LogP contribution in [0.2, 0.25) is 0 Å². The van der Waals surface area contributed by atoms with Gasteiger partial charge in [-0.25, -0.2) is 0 Å². The van der Waals surface area contributed by atoms with E-state index in [9.17, 15) is 5.11 Å². The molecule has 3 heteroatoms. The van der Waals surface area contributed by atoms with E-state index < -0.39 is 0 Å². The highest BCUT2D eigenvalue weighted by molar-refractivity contribution is 5.42. The first-order valence-electron chi connectivity index (χ1n) is 5.29. The van der Waals surface area contributed by atoms with Gasteiger partial charge in [-0.3, -0.25) is 0 Å². The monoisotopic (exact) mass is 207 g/mol. The summed E-state index contributed by atoms with van der Waals surface area (Å²) < 4.78 is 5.45. The maximum atomic E-state index is 9.47. The number of phenols is 1. The van der Waals surface area contributed by atoms with Gasteiger partial charge in [0.2, 0.25) is 0 Å². The molecule has 1 fully saturated rings. The Morgan fingerprint density at radius 1 is 1.33 bits per heavy atom. The van der Waals surface area contributed by atoms with Crippen molar-refractivity contribution < 1.29 is 9.84 Å². The second kappa shape index (κ2) is 4.21. The summed E-state index contributed by atoms with van der Waals surface area (Å²) in [4.78, 5) is 0. The molecule has 1 heterocycles. The second-order valence-corrected chi connectivity index (χ2v) is 4.07. The van der Waals surface area contributed by atoms with Crippen molar-refractivity contribution in [1.29, 1.82) is 0 Å². The Labute approximate surface area is 90.1 Å². The van der Waals surface area contributed by atoms with Crippen molar-refractivity contribution in [2.24, 2.45) is 0 Å². The minimum Gasteiger partial charge on any atom is -0.508 e. The van der Waals surface area contributed by atoms with Crippen LogP contribution in [0.25, 0.3) is 0 Å². The van der Waals surface area contributed by atoms with E-state index in [1.807, 2.05) is 13.8 Å². The van der Waals surface area contributed by atoms with Crippen molar-refractivity contribution in [3.8, 4) is 5.75 Å². The summed E-state index contributed by atoms with van der Waals surface area (Å²) in [5.74, 6) is 0.338. The van der Waals surface area contributed by atoms with Crippen molar-refractivity contribution >= 4 is 0 Å². The number of rotatable bonds is 1. The van der Waals surface area contributed by atoms with Gasteiger partial charge in [0.1, 0.15) is 5.75 Å². The van der Waals surface area contributed by atoms with Crippen LogP contribution in [0.15, 0.2) is 12.1 Å². The van der Waals surface area contributed by atoms with Gasteiger partial charge in [0.15, 0.2) is 0 Å². The third-order valence-corrected chi connectivity index (χ3v) is 2.85. The first kappa shape index (κ1) is 10.5. The minimum atomic E-state index is 0.263. The molecular formula is C12H17NO2. The highest BCUT2D eigenvalue weighted by atomic mass is 16.5. The van der Waals surface area contributed by atoms with E-state index >= 15 is 0 Å². The molecule has 82 valence electrons. The molecule has 0 amide bonds. The Morgan fingerprint density at radius 3 is 2.53 bits per heavy atom. The zero-order chi connectivity index (χ0) is 10.8. The van der Waals surface area contributed by atoms with Crippen LogP contribution in [0.1, 0.15) is 22.7 Å². The maximum absolute atomic E-state index is 9.47. The second-order valence-electron chi connectivity index (χ2n) is 4.07. The number of hydrogen-bond acceptors (Lipinski definition) is 3. The van der Waals surface area contributed by atoms with Gasteiger partial charge in [-0.2, -0.15) is 0 Å². The van der Waals surface area contributed by atoms with Gasteiger partial charge in [0.05, 0.1) is 19.3 Å². The molecule has 1 saturated heterocycles. The van der Waals surface area contributed by atoms with Crippen LogP contribution in [0, 0.1) is 13.8 Å². The van der Waals surface area contributed by atoms with Crippen LogP contribution in [0.4, 0.5) is 0 Å². The molecular weight excluding hydrogens is 190 g/mol. The highest BCUT2D eigenvalue weighted by Crippen LogP contribution is 2.27. The van der Waals surface area contributed by atoms with E-state index in [1.54, 1.807) is 12.1 Å². The Morgan fingerprint density at radius 2 is 2.00 bits per heavy atom. The molecule has 1 aliphatic rings. The van der Waals surface area contributed by atoms with E-state index in [0.29, 0.717) is 12.4 Å². The predicted molar refractivity (Wildman–Crippen MR) is 59.1 cm³/mol. The van der Waals surface area contributed by atoms with Gasteiger partial charge >= 0.3 is 0 Å². The molecule has 1 aliphatic heterocycles. The average molecular weight is 207 g/mol. The molecule has 1 aromatic rings. The Balaban J connectivity index is 2.33. The third-order valence-electron chi connectivity index (χ3n) is 2.85. The van der Waals surface area contributed by atoms with Crippen LogP contribution in [0.5, 0.6) is 5.75 Å². The number of nitrogens with one attached hydrogen (secondary N) is 1. The Hall–Kier alpha value is -1.06. The number of ether oxygens (including phenoxy) is 1. The summed E-state index contributed by atoms with van der Waals surface area (Å²) in [7, 11) is 0. The average Bonchev–Trinajstić information content (AvgIpc) is 2.17. The molecule has 0 aromatic heterocycles. The topological polar surface area (TPSA) is 41.5 Å². The first-order valence-corrected chi connectivity index (χ1v) is 5.29. The lowest BCUT2D eigenvalue weighted by molar-refractivity contribution is 0.0765. The zero-order valence-electron chi connectivity index (χ0n) is 9.21. The van der Waals surface area contributed by atoms with Gasteiger partial charge in [0, 0.05) is 6.54 Å². The summed E-state index contributed by atoms with van der Waals surface area (Å²) in [6, 6.07) is 3.87. The molecule has 0 bridgehead atoms. The van der Waals surface area contributed by atoms with Crippen molar-refractivity contribution in [3.63, 3.8) is 0 Å². The summed E-state index contributed by atoms with van der Waals surface area (Å²) >= 11 is 0. The molecule has 1 atom stereocenters. The lowest BCUT2D eigenvalue weighted by atomic mass is 9.95. The van der Waals surface area contributed by atoms with Crippen LogP contribution in [-0.2, 0) is 4.74 Å². The summed E-state index contributed by atoms with van der Waals surface area (Å²) in [5.41, 5.74) is 3.50. The van der Waals surface area contributed by atoms with Crippen LogP contribution >= 0.6 is 0 Å². The lowest BCUT2D eigenvalue weighted by Gasteiger charge is -2.27. The summed E-state index contributed by atoms with van der Waals surface area (Å²) in [5, 5.41) is 12.9. The van der Waals surface area contributed by atoms with Gasteiger partial charge in [-0.05, 0) is 42.7 Å². The molecule has 0 aliphatic carbocycles. The van der Waals surface area contributed by atoms with Crippen LogP contribution in [-0.4, -0.2) is 24.9 Å². The molecule has 2 N–H and O–H groups in total. The maximum Gasteiger partial charge on any atom is 0.116 e.